The lowest BCUT2D eigenvalue weighted by Crippen LogP contribution is -2.40. The van der Waals surface area contributed by atoms with Crippen LogP contribution in [0.1, 0.15) is 19.4 Å². The topological polar surface area (TPSA) is 43.7 Å². The van der Waals surface area contributed by atoms with E-state index < -0.39 is 5.60 Å². The molecule has 0 saturated heterocycles. The first kappa shape index (κ1) is 13.2. The summed E-state index contributed by atoms with van der Waals surface area (Å²) in [7, 11) is 0. The first-order valence-electron chi connectivity index (χ1n) is 5.71. The van der Waals surface area contributed by atoms with Gasteiger partial charge in [0.05, 0.1) is 12.2 Å². The van der Waals surface area contributed by atoms with Crippen LogP contribution in [0.25, 0.3) is 0 Å². The van der Waals surface area contributed by atoms with Gasteiger partial charge < -0.3 is 10.2 Å². The predicted molar refractivity (Wildman–Crippen MR) is 65.2 cm³/mol. The van der Waals surface area contributed by atoms with E-state index in [1.807, 2.05) is 49.1 Å². The standard InChI is InChI=1S/C13H21NO2/c1-3-14(9-10-15)11-13(2,16)12-7-5-4-6-8-12/h4-8,15-16H,3,9-11H2,1-2H3. The first-order valence-corrected chi connectivity index (χ1v) is 5.71. The van der Waals surface area contributed by atoms with Crippen LogP contribution in [0.5, 0.6) is 0 Å². The summed E-state index contributed by atoms with van der Waals surface area (Å²) in [6.45, 7) is 5.91. The Morgan fingerprint density at radius 3 is 2.38 bits per heavy atom. The second kappa shape index (κ2) is 5.99. The van der Waals surface area contributed by atoms with Crippen molar-refractivity contribution in [2.75, 3.05) is 26.2 Å². The fourth-order valence-corrected chi connectivity index (χ4v) is 1.81. The maximum Gasteiger partial charge on any atom is 0.0994 e. The van der Waals surface area contributed by atoms with E-state index in [4.69, 9.17) is 5.11 Å². The normalized spacial score (nSPS) is 15.1. The molecule has 0 saturated carbocycles. The molecular weight excluding hydrogens is 202 g/mol. The fourth-order valence-electron chi connectivity index (χ4n) is 1.81. The van der Waals surface area contributed by atoms with Crippen LogP contribution in [-0.4, -0.2) is 41.4 Å². The highest BCUT2D eigenvalue weighted by molar-refractivity contribution is 5.21. The van der Waals surface area contributed by atoms with Gasteiger partial charge >= 0.3 is 0 Å². The largest absolute Gasteiger partial charge is 0.395 e. The Morgan fingerprint density at radius 1 is 1.25 bits per heavy atom. The molecule has 0 heterocycles. The van der Waals surface area contributed by atoms with Crippen molar-refractivity contribution in [3.05, 3.63) is 35.9 Å². The molecule has 3 heteroatoms. The summed E-state index contributed by atoms with van der Waals surface area (Å²) in [6.07, 6.45) is 0. The molecule has 1 unspecified atom stereocenters. The number of nitrogens with zero attached hydrogens (tertiary/aromatic N) is 1. The molecular formula is C13H21NO2. The zero-order valence-corrected chi connectivity index (χ0v) is 10.1. The summed E-state index contributed by atoms with van der Waals surface area (Å²) < 4.78 is 0. The Labute approximate surface area is 97.3 Å². The molecule has 1 aromatic rings. The maximum absolute atomic E-state index is 10.4. The van der Waals surface area contributed by atoms with Gasteiger partial charge in [-0.2, -0.15) is 0 Å². The summed E-state index contributed by atoms with van der Waals surface area (Å²) in [6, 6.07) is 9.63. The fraction of sp³-hybridized carbons (Fsp3) is 0.538. The van der Waals surface area contributed by atoms with Crippen molar-refractivity contribution >= 4 is 0 Å². The number of hydrogen-bond acceptors (Lipinski definition) is 3. The summed E-state index contributed by atoms with van der Waals surface area (Å²) in [4.78, 5) is 2.03. The predicted octanol–water partition coefficient (Wildman–Crippen LogP) is 1.21. The van der Waals surface area contributed by atoms with E-state index in [0.29, 0.717) is 13.1 Å². The molecule has 0 amide bonds. The molecule has 0 spiro atoms. The number of aliphatic hydroxyl groups is 2. The number of rotatable bonds is 6. The molecule has 1 aromatic carbocycles. The van der Waals surface area contributed by atoms with Gasteiger partial charge in [-0.3, -0.25) is 4.90 Å². The molecule has 0 bridgehead atoms. The molecule has 1 rings (SSSR count). The summed E-state index contributed by atoms with van der Waals surface area (Å²) >= 11 is 0. The number of likely N-dealkylation sites (N-methyl/N-ethyl adjacent to an activating group) is 1. The van der Waals surface area contributed by atoms with Crippen LogP contribution in [0.3, 0.4) is 0 Å². The molecule has 0 aromatic heterocycles. The van der Waals surface area contributed by atoms with E-state index in [9.17, 15) is 5.11 Å². The van der Waals surface area contributed by atoms with Crippen LogP contribution >= 0.6 is 0 Å². The highest BCUT2D eigenvalue weighted by Gasteiger charge is 2.25. The zero-order chi connectivity index (χ0) is 12.0. The number of hydrogen-bond donors (Lipinski definition) is 2. The lowest BCUT2D eigenvalue weighted by Gasteiger charge is -2.30. The van der Waals surface area contributed by atoms with Crippen molar-refractivity contribution in [3.63, 3.8) is 0 Å². The highest BCUT2D eigenvalue weighted by atomic mass is 16.3. The smallest absolute Gasteiger partial charge is 0.0994 e. The van der Waals surface area contributed by atoms with Crippen molar-refractivity contribution in [2.24, 2.45) is 0 Å². The Hall–Kier alpha value is -0.900. The Balaban J connectivity index is 2.70. The van der Waals surface area contributed by atoms with Gasteiger partial charge in [0.2, 0.25) is 0 Å². The second-order valence-electron chi connectivity index (χ2n) is 4.23. The third-order valence-electron chi connectivity index (χ3n) is 2.79. The van der Waals surface area contributed by atoms with Crippen LogP contribution in [0.15, 0.2) is 30.3 Å². The van der Waals surface area contributed by atoms with E-state index in [-0.39, 0.29) is 6.61 Å². The van der Waals surface area contributed by atoms with Gasteiger partial charge in [0.1, 0.15) is 0 Å². The second-order valence-corrected chi connectivity index (χ2v) is 4.23. The van der Waals surface area contributed by atoms with E-state index in [0.717, 1.165) is 12.1 Å². The van der Waals surface area contributed by atoms with Crippen molar-refractivity contribution in [1.82, 2.24) is 4.90 Å². The average molecular weight is 223 g/mol. The van der Waals surface area contributed by atoms with Gasteiger partial charge in [0.15, 0.2) is 0 Å². The SMILES string of the molecule is CCN(CCO)CC(C)(O)c1ccccc1. The minimum absolute atomic E-state index is 0.124. The third kappa shape index (κ3) is 3.59. The van der Waals surface area contributed by atoms with Crippen LogP contribution in [0.2, 0.25) is 0 Å². The molecule has 0 fully saturated rings. The summed E-state index contributed by atoms with van der Waals surface area (Å²) in [5.74, 6) is 0. The quantitative estimate of drug-likeness (QED) is 0.762. The molecule has 0 aliphatic heterocycles. The monoisotopic (exact) mass is 223 g/mol. The van der Waals surface area contributed by atoms with Gasteiger partial charge in [0.25, 0.3) is 0 Å². The Morgan fingerprint density at radius 2 is 1.88 bits per heavy atom. The molecule has 90 valence electrons. The molecule has 0 radical (unpaired) electrons. The molecule has 0 aliphatic rings. The first-order chi connectivity index (χ1) is 7.60. The molecule has 3 nitrogen and oxygen atoms in total. The minimum atomic E-state index is -0.869. The van der Waals surface area contributed by atoms with Crippen molar-refractivity contribution in [2.45, 2.75) is 19.4 Å². The van der Waals surface area contributed by atoms with E-state index in [1.54, 1.807) is 0 Å². The zero-order valence-electron chi connectivity index (χ0n) is 10.1. The Bertz CT molecular complexity index is 298. The third-order valence-corrected chi connectivity index (χ3v) is 2.79. The maximum atomic E-state index is 10.4. The van der Waals surface area contributed by atoms with Gasteiger partial charge in [-0.25, -0.2) is 0 Å². The van der Waals surface area contributed by atoms with E-state index in [2.05, 4.69) is 0 Å². The molecule has 1 atom stereocenters. The van der Waals surface area contributed by atoms with Crippen LogP contribution in [0, 0.1) is 0 Å². The molecule has 0 aliphatic carbocycles. The van der Waals surface area contributed by atoms with Crippen molar-refractivity contribution in [3.8, 4) is 0 Å². The average Bonchev–Trinajstić information content (AvgIpc) is 2.29. The van der Waals surface area contributed by atoms with Crippen LogP contribution in [0.4, 0.5) is 0 Å². The summed E-state index contributed by atoms with van der Waals surface area (Å²) in [5, 5.41) is 19.3. The van der Waals surface area contributed by atoms with Gasteiger partial charge in [0, 0.05) is 13.1 Å². The Kier molecular flexibility index (Phi) is 4.93. The van der Waals surface area contributed by atoms with Crippen LogP contribution < -0.4 is 0 Å². The van der Waals surface area contributed by atoms with E-state index >= 15 is 0 Å². The van der Waals surface area contributed by atoms with Gasteiger partial charge in [-0.1, -0.05) is 37.3 Å². The number of benzene rings is 1. The van der Waals surface area contributed by atoms with Crippen molar-refractivity contribution in [1.29, 1.82) is 0 Å². The lowest BCUT2D eigenvalue weighted by atomic mass is 9.95. The minimum Gasteiger partial charge on any atom is -0.395 e. The number of aliphatic hydroxyl groups excluding tert-OH is 1. The van der Waals surface area contributed by atoms with Crippen LogP contribution in [-0.2, 0) is 5.60 Å². The summed E-state index contributed by atoms with van der Waals surface area (Å²) in [5.41, 5.74) is 0.0401. The molecule has 16 heavy (non-hydrogen) atoms. The van der Waals surface area contributed by atoms with Crippen molar-refractivity contribution < 1.29 is 10.2 Å². The van der Waals surface area contributed by atoms with E-state index in [1.165, 1.54) is 0 Å². The lowest BCUT2D eigenvalue weighted by molar-refractivity contribution is 0.0132. The molecule has 2 N–H and O–H groups in total. The highest BCUT2D eigenvalue weighted by Crippen LogP contribution is 2.21. The van der Waals surface area contributed by atoms with Gasteiger partial charge in [-0.05, 0) is 19.0 Å². The van der Waals surface area contributed by atoms with Gasteiger partial charge in [-0.15, -0.1) is 0 Å².